The fourth-order valence-corrected chi connectivity index (χ4v) is 4.58. The Morgan fingerprint density at radius 1 is 1.10 bits per heavy atom. The van der Waals surface area contributed by atoms with Crippen LogP contribution in [0.1, 0.15) is 61.1 Å². The van der Waals surface area contributed by atoms with Gasteiger partial charge in [0.1, 0.15) is 5.82 Å². The summed E-state index contributed by atoms with van der Waals surface area (Å²) in [4.78, 5) is 39.5. The number of guanidine groups is 1. The minimum atomic E-state index is -0.569. The quantitative estimate of drug-likeness (QED) is 0.548. The average Bonchev–Trinajstić information content (AvgIpc) is 3.13. The maximum atomic E-state index is 12.8. The van der Waals surface area contributed by atoms with Crippen molar-refractivity contribution in [3.05, 3.63) is 11.4 Å². The monoisotopic (exact) mass is 414 g/mol. The number of nitrogens with two attached hydrogens (primary N) is 2. The van der Waals surface area contributed by atoms with Crippen LogP contribution in [0.3, 0.4) is 0 Å². The molecule has 1 saturated carbocycles. The number of anilines is 2. The van der Waals surface area contributed by atoms with Crippen molar-refractivity contribution in [3.8, 4) is 0 Å². The zero-order chi connectivity index (χ0) is 21.3. The average molecular weight is 415 g/mol. The standard InChI is InChI=1S/C20H30N8O2/c1-12-15(21)25-16(22)14(24-12)17(29)26-19-23-11-20(27-19)7-9-28(10-8-20)18(30)13-5-3-2-4-6-13/h13H,2-11H2,1H3,(H4,21,22,25)(H2,23,26,27,29). The second-order valence-electron chi connectivity index (χ2n) is 8.61. The normalized spacial score (nSPS) is 22.7. The highest BCUT2D eigenvalue weighted by molar-refractivity contribution is 6.04. The minimum absolute atomic E-state index is 0.00773. The molecule has 6 N–H and O–H groups in total. The number of nitrogens with one attached hydrogen (secondary N) is 2. The van der Waals surface area contributed by atoms with Gasteiger partial charge in [0, 0.05) is 25.6 Å². The molecule has 10 heteroatoms. The van der Waals surface area contributed by atoms with E-state index >= 15 is 0 Å². The number of carbonyl (C=O) groups is 2. The van der Waals surface area contributed by atoms with Crippen LogP contribution < -0.4 is 22.1 Å². The number of piperidine rings is 1. The molecule has 1 aromatic heterocycles. The van der Waals surface area contributed by atoms with E-state index in [-0.39, 0.29) is 28.8 Å². The third-order valence-electron chi connectivity index (χ3n) is 6.51. The number of aryl methyl sites for hydroxylation is 1. The number of likely N-dealkylation sites (tertiary alicyclic amines) is 1. The fraction of sp³-hybridized carbons (Fsp3) is 0.650. The van der Waals surface area contributed by atoms with E-state index in [0.717, 1.165) is 51.6 Å². The Labute approximate surface area is 175 Å². The molecule has 0 radical (unpaired) electrons. The maximum Gasteiger partial charge on any atom is 0.302 e. The zero-order valence-corrected chi connectivity index (χ0v) is 17.4. The largest absolute Gasteiger partial charge is 0.382 e. The van der Waals surface area contributed by atoms with Crippen molar-refractivity contribution in [2.45, 2.75) is 57.4 Å². The van der Waals surface area contributed by atoms with Crippen LogP contribution in [0.25, 0.3) is 0 Å². The van der Waals surface area contributed by atoms with E-state index in [0.29, 0.717) is 24.1 Å². The smallest absolute Gasteiger partial charge is 0.302 e. The molecular formula is C20H30N8O2. The Balaban J connectivity index is 1.37. The van der Waals surface area contributed by atoms with Gasteiger partial charge in [-0.3, -0.25) is 9.59 Å². The molecule has 3 aliphatic rings. The molecule has 3 heterocycles. The molecule has 0 bridgehead atoms. The van der Waals surface area contributed by atoms with E-state index in [1.54, 1.807) is 6.92 Å². The topological polar surface area (TPSA) is 152 Å². The molecule has 1 aromatic rings. The highest BCUT2D eigenvalue weighted by atomic mass is 16.2. The summed E-state index contributed by atoms with van der Waals surface area (Å²) in [7, 11) is 0. The van der Waals surface area contributed by atoms with Crippen LogP contribution in [-0.4, -0.2) is 57.8 Å². The first-order valence-corrected chi connectivity index (χ1v) is 10.7. The van der Waals surface area contributed by atoms with Gasteiger partial charge in [0.05, 0.1) is 11.2 Å². The van der Waals surface area contributed by atoms with E-state index in [1.165, 1.54) is 6.42 Å². The Morgan fingerprint density at radius 3 is 2.50 bits per heavy atom. The molecule has 2 saturated heterocycles. The molecule has 10 nitrogen and oxygen atoms in total. The molecule has 2 aliphatic heterocycles. The zero-order valence-electron chi connectivity index (χ0n) is 17.4. The summed E-state index contributed by atoms with van der Waals surface area (Å²) >= 11 is 0. The molecular weight excluding hydrogens is 384 g/mol. The van der Waals surface area contributed by atoms with Crippen molar-refractivity contribution in [2.24, 2.45) is 10.9 Å². The molecule has 0 aromatic carbocycles. The van der Waals surface area contributed by atoms with E-state index in [1.807, 2.05) is 4.90 Å². The lowest BCUT2D eigenvalue weighted by Crippen LogP contribution is -2.54. The lowest BCUT2D eigenvalue weighted by Gasteiger charge is -2.40. The number of nitrogens with zero attached hydrogens (tertiary/aromatic N) is 4. The number of nitrogen functional groups attached to an aromatic ring is 2. The van der Waals surface area contributed by atoms with Gasteiger partial charge >= 0.3 is 5.91 Å². The molecule has 1 aliphatic carbocycles. The van der Waals surface area contributed by atoms with Gasteiger partial charge in [-0.25, -0.2) is 9.97 Å². The van der Waals surface area contributed by atoms with Crippen molar-refractivity contribution in [3.63, 3.8) is 0 Å². The number of aliphatic imine (C=N–C) groups is 1. The van der Waals surface area contributed by atoms with Gasteiger partial charge in [-0.05, 0) is 32.6 Å². The highest BCUT2D eigenvalue weighted by Gasteiger charge is 2.41. The SMILES string of the molecule is Cc1nc(C(=O)/N=C2\NCC3(CCN(C(=O)C4CCCCC4)CC3)N2)c(N)nc1N. The summed E-state index contributed by atoms with van der Waals surface area (Å²) in [6.07, 6.45) is 7.25. The van der Waals surface area contributed by atoms with E-state index in [2.05, 4.69) is 25.6 Å². The van der Waals surface area contributed by atoms with Gasteiger partial charge in [0.2, 0.25) is 5.91 Å². The third kappa shape index (κ3) is 4.03. The lowest BCUT2D eigenvalue weighted by molar-refractivity contribution is -0.138. The van der Waals surface area contributed by atoms with E-state index < -0.39 is 5.91 Å². The molecule has 0 unspecified atom stereocenters. The number of hydrogen-bond donors (Lipinski definition) is 4. The van der Waals surface area contributed by atoms with Crippen molar-refractivity contribution in [2.75, 3.05) is 31.1 Å². The van der Waals surface area contributed by atoms with Crippen LogP contribution in [0.4, 0.5) is 11.6 Å². The Hall–Kier alpha value is -2.91. The Morgan fingerprint density at radius 2 is 1.80 bits per heavy atom. The summed E-state index contributed by atoms with van der Waals surface area (Å²) in [5.74, 6) is 0.513. The van der Waals surface area contributed by atoms with Gasteiger partial charge in [-0.1, -0.05) is 19.3 Å². The molecule has 3 fully saturated rings. The minimum Gasteiger partial charge on any atom is -0.382 e. The molecule has 2 amide bonds. The molecule has 4 rings (SSSR count). The fourth-order valence-electron chi connectivity index (χ4n) is 4.58. The molecule has 1 spiro atoms. The lowest BCUT2D eigenvalue weighted by atomic mass is 9.85. The summed E-state index contributed by atoms with van der Waals surface area (Å²) < 4.78 is 0. The first kappa shape index (κ1) is 20.4. The van der Waals surface area contributed by atoms with Crippen LogP contribution in [-0.2, 0) is 4.79 Å². The third-order valence-corrected chi connectivity index (χ3v) is 6.51. The van der Waals surface area contributed by atoms with Crippen LogP contribution in [0.2, 0.25) is 0 Å². The van der Waals surface area contributed by atoms with Crippen LogP contribution >= 0.6 is 0 Å². The number of amides is 2. The van der Waals surface area contributed by atoms with E-state index in [9.17, 15) is 9.59 Å². The second kappa shape index (κ2) is 8.08. The number of carbonyl (C=O) groups excluding carboxylic acids is 2. The maximum absolute atomic E-state index is 12.8. The number of hydrogen-bond acceptors (Lipinski definition) is 6. The van der Waals surface area contributed by atoms with Crippen molar-refractivity contribution in [1.29, 1.82) is 0 Å². The Bertz CT molecular complexity index is 870. The Kier molecular flexibility index (Phi) is 5.48. The van der Waals surface area contributed by atoms with Crippen molar-refractivity contribution < 1.29 is 9.59 Å². The van der Waals surface area contributed by atoms with Gasteiger partial charge < -0.3 is 27.0 Å². The van der Waals surface area contributed by atoms with Crippen LogP contribution in [0, 0.1) is 12.8 Å². The van der Waals surface area contributed by atoms with Gasteiger partial charge in [0.15, 0.2) is 17.5 Å². The van der Waals surface area contributed by atoms with Gasteiger partial charge in [-0.2, -0.15) is 4.99 Å². The van der Waals surface area contributed by atoms with Gasteiger partial charge in [-0.15, -0.1) is 0 Å². The first-order valence-electron chi connectivity index (χ1n) is 10.7. The van der Waals surface area contributed by atoms with Gasteiger partial charge in [0.25, 0.3) is 0 Å². The molecule has 162 valence electrons. The predicted molar refractivity (Wildman–Crippen MR) is 114 cm³/mol. The van der Waals surface area contributed by atoms with Crippen LogP contribution in [0.15, 0.2) is 4.99 Å². The first-order chi connectivity index (χ1) is 14.4. The van der Waals surface area contributed by atoms with E-state index in [4.69, 9.17) is 11.5 Å². The molecule has 0 atom stereocenters. The number of aromatic nitrogens is 2. The van der Waals surface area contributed by atoms with Crippen molar-refractivity contribution in [1.82, 2.24) is 25.5 Å². The highest BCUT2D eigenvalue weighted by Crippen LogP contribution is 2.29. The summed E-state index contributed by atoms with van der Waals surface area (Å²) in [6, 6.07) is 0. The molecule has 30 heavy (non-hydrogen) atoms. The van der Waals surface area contributed by atoms with Crippen LogP contribution in [0.5, 0.6) is 0 Å². The second-order valence-corrected chi connectivity index (χ2v) is 8.61. The number of rotatable bonds is 2. The van der Waals surface area contributed by atoms with Crippen molar-refractivity contribution >= 4 is 29.4 Å². The summed E-state index contributed by atoms with van der Waals surface area (Å²) in [5.41, 5.74) is 11.7. The summed E-state index contributed by atoms with van der Waals surface area (Å²) in [6.45, 7) is 3.77. The summed E-state index contributed by atoms with van der Waals surface area (Å²) in [5, 5.41) is 6.53. The predicted octanol–water partition coefficient (Wildman–Crippen LogP) is 0.580.